The fourth-order valence-corrected chi connectivity index (χ4v) is 6.20. The van der Waals surface area contributed by atoms with Crippen LogP contribution < -0.4 is 10.6 Å². The molecule has 1 aromatic rings. The molecule has 5 rings (SSSR count). The number of carbonyl (C=O) groups excluding carboxylic acids is 3. The van der Waals surface area contributed by atoms with Gasteiger partial charge >= 0.3 is 0 Å². The molecule has 1 unspecified atom stereocenters. The van der Waals surface area contributed by atoms with Crippen molar-refractivity contribution in [3.05, 3.63) is 34.9 Å². The van der Waals surface area contributed by atoms with Gasteiger partial charge < -0.3 is 10.2 Å². The molecule has 3 fully saturated rings. The number of fused-ring (bicyclic) bond motifs is 1. The summed E-state index contributed by atoms with van der Waals surface area (Å²) in [5, 5.41) is 5.91. The van der Waals surface area contributed by atoms with Crippen molar-refractivity contribution in [2.24, 2.45) is 11.3 Å². The highest BCUT2D eigenvalue weighted by Gasteiger charge is 2.55. The Morgan fingerprint density at radius 2 is 1.91 bits per heavy atom. The SMILES string of the molecule is C[C@H](N[C@H]1CCCC[C@@H]1Cc1ccc2c(c1)CN(C1CCC(=O)NC1=O)C2=O)C1(C(F)F)CC1. The number of hydrogen-bond acceptors (Lipinski definition) is 4. The first-order valence-electron chi connectivity index (χ1n) is 12.6. The van der Waals surface area contributed by atoms with E-state index in [4.69, 9.17) is 0 Å². The van der Waals surface area contributed by atoms with Gasteiger partial charge in [-0.15, -0.1) is 0 Å². The number of amides is 3. The average molecular weight is 474 g/mol. The van der Waals surface area contributed by atoms with Gasteiger partial charge in [0.15, 0.2) is 0 Å². The van der Waals surface area contributed by atoms with Gasteiger partial charge in [-0.1, -0.05) is 25.0 Å². The lowest BCUT2D eigenvalue weighted by molar-refractivity contribution is -0.136. The van der Waals surface area contributed by atoms with Gasteiger partial charge in [-0.05, 0) is 68.6 Å². The molecule has 1 aromatic carbocycles. The summed E-state index contributed by atoms with van der Waals surface area (Å²) < 4.78 is 27.2. The number of halogens is 2. The van der Waals surface area contributed by atoms with Crippen LogP contribution in [0.4, 0.5) is 8.78 Å². The number of piperidine rings is 1. The van der Waals surface area contributed by atoms with Crippen LogP contribution in [0, 0.1) is 11.3 Å². The molecule has 3 amide bonds. The van der Waals surface area contributed by atoms with Crippen LogP contribution in [0.5, 0.6) is 0 Å². The van der Waals surface area contributed by atoms with E-state index < -0.39 is 23.8 Å². The van der Waals surface area contributed by atoms with E-state index in [1.54, 1.807) is 4.90 Å². The second-order valence-corrected chi connectivity index (χ2v) is 10.7. The Balaban J connectivity index is 1.26. The van der Waals surface area contributed by atoms with E-state index in [9.17, 15) is 23.2 Å². The molecule has 4 atom stereocenters. The van der Waals surface area contributed by atoms with Gasteiger partial charge in [0.05, 0.1) is 0 Å². The smallest absolute Gasteiger partial charge is 0.255 e. The van der Waals surface area contributed by atoms with Crippen LogP contribution >= 0.6 is 0 Å². The minimum Gasteiger partial charge on any atom is -0.322 e. The van der Waals surface area contributed by atoms with E-state index in [1.807, 2.05) is 19.1 Å². The summed E-state index contributed by atoms with van der Waals surface area (Å²) in [5.74, 6) is -0.492. The van der Waals surface area contributed by atoms with Crippen molar-refractivity contribution < 1.29 is 23.2 Å². The number of carbonyl (C=O) groups is 3. The summed E-state index contributed by atoms with van der Waals surface area (Å²) in [6.07, 6.45) is 4.66. The van der Waals surface area contributed by atoms with Crippen molar-refractivity contribution in [1.29, 1.82) is 0 Å². The highest BCUT2D eigenvalue weighted by molar-refractivity contribution is 6.05. The average Bonchev–Trinajstić information content (AvgIpc) is 3.56. The van der Waals surface area contributed by atoms with Crippen LogP contribution in [0.25, 0.3) is 0 Å². The monoisotopic (exact) mass is 473 g/mol. The number of rotatable bonds is 7. The molecule has 0 radical (unpaired) electrons. The summed E-state index contributed by atoms with van der Waals surface area (Å²) in [5.41, 5.74) is 1.82. The van der Waals surface area contributed by atoms with E-state index in [-0.39, 0.29) is 30.3 Å². The van der Waals surface area contributed by atoms with Crippen LogP contribution in [-0.4, -0.2) is 47.2 Å². The number of hydrogen-bond donors (Lipinski definition) is 2. The van der Waals surface area contributed by atoms with Gasteiger partial charge in [0.2, 0.25) is 18.2 Å². The molecule has 4 aliphatic rings. The fraction of sp³-hybridized carbons (Fsp3) is 0.654. The van der Waals surface area contributed by atoms with Gasteiger partial charge in [0, 0.05) is 36.0 Å². The molecule has 2 aliphatic heterocycles. The molecule has 0 spiro atoms. The number of benzene rings is 1. The molecule has 8 heteroatoms. The maximum Gasteiger partial charge on any atom is 0.255 e. The molecule has 0 aromatic heterocycles. The lowest BCUT2D eigenvalue weighted by Gasteiger charge is -2.37. The Hall–Kier alpha value is -2.35. The predicted octanol–water partition coefficient (Wildman–Crippen LogP) is 3.57. The van der Waals surface area contributed by atoms with Crippen molar-refractivity contribution in [2.75, 3.05) is 0 Å². The molecular weight excluding hydrogens is 440 g/mol. The van der Waals surface area contributed by atoms with Gasteiger partial charge in [-0.3, -0.25) is 19.7 Å². The van der Waals surface area contributed by atoms with Gasteiger partial charge in [0.25, 0.3) is 5.91 Å². The van der Waals surface area contributed by atoms with E-state index in [0.29, 0.717) is 37.3 Å². The first-order chi connectivity index (χ1) is 16.3. The first kappa shape index (κ1) is 23.4. The molecule has 2 saturated carbocycles. The van der Waals surface area contributed by atoms with E-state index >= 15 is 0 Å². The Kier molecular flexibility index (Phi) is 6.21. The molecule has 6 nitrogen and oxygen atoms in total. The van der Waals surface area contributed by atoms with E-state index in [0.717, 1.165) is 43.2 Å². The summed E-state index contributed by atoms with van der Waals surface area (Å²) in [4.78, 5) is 38.3. The standard InChI is InChI=1S/C26H33F2N3O3/c1-15(26(10-11-26)25(27)28)29-20-5-3-2-4-17(20)12-16-6-7-19-18(13-16)14-31(24(19)34)21-8-9-22(32)30-23(21)33/h6-7,13,15,17,20-21,25,29H,2-5,8-12,14H2,1H3,(H,30,32,33)/t15-,17+,20-,21?/m0/s1. The zero-order valence-corrected chi connectivity index (χ0v) is 19.6. The summed E-state index contributed by atoms with van der Waals surface area (Å²) in [7, 11) is 0. The van der Waals surface area contributed by atoms with Crippen LogP contribution in [0.15, 0.2) is 18.2 Å². The van der Waals surface area contributed by atoms with Crippen molar-refractivity contribution in [1.82, 2.24) is 15.5 Å². The molecule has 0 bridgehead atoms. The minimum atomic E-state index is -2.28. The highest BCUT2D eigenvalue weighted by atomic mass is 19.3. The molecule has 2 N–H and O–H groups in total. The van der Waals surface area contributed by atoms with Crippen molar-refractivity contribution in [3.8, 4) is 0 Å². The van der Waals surface area contributed by atoms with Crippen LogP contribution in [-0.2, 0) is 22.6 Å². The third-order valence-electron chi connectivity index (χ3n) is 8.58. The van der Waals surface area contributed by atoms with Crippen molar-refractivity contribution >= 4 is 17.7 Å². The predicted molar refractivity (Wildman–Crippen MR) is 122 cm³/mol. The highest BCUT2D eigenvalue weighted by Crippen LogP contribution is 2.53. The van der Waals surface area contributed by atoms with Crippen LogP contribution in [0.2, 0.25) is 0 Å². The Labute approximate surface area is 198 Å². The van der Waals surface area contributed by atoms with Gasteiger partial charge in [0.1, 0.15) is 6.04 Å². The largest absolute Gasteiger partial charge is 0.322 e. The molecular formula is C26H33F2N3O3. The third kappa shape index (κ3) is 4.25. The fourth-order valence-electron chi connectivity index (χ4n) is 6.20. The van der Waals surface area contributed by atoms with E-state index in [1.165, 1.54) is 0 Å². The molecule has 184 valence electrons. The van der Waals surface area contributed by atoms with Crippen LogP contribution in [0.1, 0.15) is 79.8 Å². The number of alkyl halides is 2. The van der Waals surface area contributed by atoms with Crippen LogP contribution in [0.3, 0.4) is 0 Å². The van der Waals surface area contributed by atoms with Gasteiger partial charge in [-0.25, -0.2) is 8.78 Å². The maximum absolute atomic E-state index is 13.6. The number of nitrogens with zero attached hydrogens (tertiary/aromatic N) is 1. The lowest BCUT2D eigenvalue weighted by atomic mass is 9.79. The zero-order chi connectivity index (χ0) is 24.0. The van der Waals surface area contributed by atoms with Gasteiger partial charge in [-0.2, -0.15) is 0 Å². The molecule has 2 heterocycles. The second kappa shape index (κ2) is 9.02. The second-order valence-electron chi connectivity index (χ2n) is 10.7. The molecule has 34 heavy (non-hydrogen) atoms. The van der Waals surface area contributed by atoms with E-state index in [2.05, 4.69) is 16.7 Å². The summed E-state index contributed by atoms with van der Waals surface area (Å²) in [6.45, 7) is 2.28. The van der Waals surface area contributed by atoms with Crippen molar-refractivity contribution in [2.45, 2.75) is 95.8 Å². The Morgan fingerprint density at radius 1 is 1.15 bits per heavy atom. The molecule has 2 aliphatic carbocycles. The normalized spacial score (nSPS) is 29.2. The Bertz CT molecular complexity index is 994. The maximum atomic E-state index is 13.6. The number of nitrogens with one attached hydrogen (secondary N) is 2. The molecule has 1 saturated heterocycles. The Morgan fingerprint density at radius 3 is 2.62 bits per heavy atom. The third-order valence-corrected chi connectivity index (χ3v) is 8.58. The zero-order valence-electron chi connectivity index (χ0n) is 19.6. The summed E-state index contributed by atoms with van der Waals surface area (Å²) >= 11 is 0. The number of imide groups is 1. The first-order valence-corrected chi connectivity index (χ1v) is 12.6. The minimum absolute atomic E-state index is 0.163. The lowest BCUT2D eigenvalue weighted by Crippen LogP contribution is -2.52. The quantitative estimate of drug-likeness (QED) is 0.594. The van der Waals surface area contributed by atoms with Crippen molar-refractivity contribution in [3.63, 3.8) is 0 Å². The summed E-state index contributed by atoms with van der Waals surface area (Å²) in [6, 6.07) is 5.31. The topological polar surface area (TPSA) is 78.5 Å².